The Balaban J connectivity index is 1.69. The quantitative estimate of drug-likeness (QED) is 0.874. The van der Waals surface area contributed by atoms with Crippen molar-refractivity contribution in [2.45, 2.75) is 58.2 Å². The van der Waals surface area contributed by atoms with E-state index in [2.05, 4.69) is 28.8 Å². The number of amides is 1. The van der Waals surface area contributed by atoms with E-state index in [9.17, 15) is 4.79 Å². The molecule has 3 rings (SSSR count). The van der Waals surface area contributed by atoms with Gasteiger partial charge in [-0.1, -0.05) is 12.1 Å². The van der Waals surface area contributed by atoms with Crippen LogP contribution in [0.4, 0.5) is 10.5 Å². The first-order chi connectivity index (χ1) is 11.4. The third-order valence-corrected chi connectivity index (χ3v) is 4.62. The van der Waals surface area contributed by atoms with E-state index in [4.69, 9.17) is 4.74 Å². The van der Waals surface area contributed by atoms with Crippen LogP contribution >= 0.6 is 0 Å². The zero-order valence-corrected chi connectivity index (χ0v) is 15.0. The second kappa shape index (κ2) is 7.01. The highest BCUT2D eigenvalue weighted by atomic mass is 16.6. The standard InChI is InChI=1S/C19H29N3O2/c1-19(2,3)24-18(23)22-12-9-16-14(13-22)5-4-6-17(16)21-15-7-10-20-11-8-15/h4-6,15,20-21H,7-13H2,1-3H3. The molecular formula is C19H29N3O2. The molecular weight excluding hydrogens is 302 g/mol. The summed E-state index contributed by atoms with van der Waals surface area (Å²) in [6.07, 6.45) is 2.98. The molecule has 132 valence electrons. The summed E-state index contributed by atoms with van der Waals surface area (Å²) in [4.78, 5) is 14.1. The maximum atomic E-state index is 12.3. The molecule has 24 heavy (non-hydrogen) atoms. The Bertz CT molecular complexity index is 589. The largest absolute Gasteiger partial charge is 0.444 e. The van der Waals surface area contributed by atoms with E-state index in [-0.39, 0.29) is 6.09 Å². The van der Waals surface area contributed by atoms with Crippen molar-refractivity contribution in [2.24, 2.45) is 0 Å². The molecule has 0 atom stereocenters. The van der Waals surface area contributed by atoms with E-state index >= 15 is 0 Å². The number of hydrogen-bond donors (Lipinski definition) is 2. The zero-order chi connectivity index (χ0) is 17.2. The van der Waals surface area contributed by atoms with E-state index in [1.807, 2.05) is 25.7 Å². The topological polar surface area (TPSA) is 53.6 Å². The summed E-state index contributed by atoms with van der Waals surface area (Å²) in [6, 6.07) is 6.92. The molecule has 1 aromatic carbocycles. The molecule has 5 heteroatoms. The van der Waals surface area contributed by atoms with Crippen LogP contribution in [0.3, 0.4) is 0 Å². The average molecular weight is 331 g/mol. The number of nitrogens with one attached hydrogen (secondary N) is 2. The van der Waals surface area contributed by atoms with Crippen LogP contribution in [-0.2, 0) is 17.7 Å². The molecule has 1 fully saturated rings. The molecule has 1 aromatic rings. The lowest BCUT2D eigenvalue weighted by Crippen LogP contribution is -2.40. The maximum Gasteiger partial charge on any atom is 0.410 e. The van der Waals surface area contributed by atoms with Gasteiger partial charge >= 0.3 is 6.09 Å². The Morgan fingerprint density at radius 2 is 2.04 bits per heavy atom. The highest BCUT2D eigenvalue weighted by Crippen LogP contribution is 2.28. The van der Waals surface area contributed by atoms with Crippen LogP contribution in [0, 0.1) is 0 Å². The van der Waals surface area contributed by atoms with Crippen LogP contribution < -0.4 is 10.6 Å². The maximum absolute atomic E-state index is 12.3. The van der Waals surface area contributed by atoms with Gasteiger partial charge in [0.1, 0.15) is 5.60 Å². The highest BCUT2D eigenvalue weighted by Gasteiger charge is 2.27. The van der Waals surface area contributed by atoms with Gasteiger partial charge in [-0.2, -0.15) is 0 Å². The van der Waals surface area contributed by atoms with Gasteiger partial charge in [-0.3, -0.25) is 0 Å². The molecule has 0 aromatic heterocycles. The smallest absolute Gasteiger partial charge is 0.410 e. The number of fused-ring (bicyclic) bond motifs is 1. The third-order valence-electron chi connectivity index (χ3n) is 4.62. The van der Waals surface area contributed by atoms with Crippen molar-refractivity contribution >= 4 is 11.8 Å². The van der Waals surface area contributed by atoms with Crippen LogP contribution in [-0.4, -0.2) is 42.3 Å². The lowest BCUT2D eigenvalue weighted by atomic mass is 9.96. The number of benzene rings is 1. The van der Waals surface area contributed by atoms with Crippen molar-refractivity contribution in [2.75, 3.05) is 25.0 Å². The van der Waals surface area contributed by atoms with Gasteiger partial charge in [0, 0.05) is 24.8 Å². The fourth-order valence-electron chi connectivity index (χ4n) is 3.41. The van der Waals surface area contributed by atoms with Gasteiger partial charge in [0.2, 0.25) is 0 Å². The van der Waals surface area contributed by atoms with Crippen molar-refractivity contribution in [3.05, 3.63) is 29.3 Å². The fraction of sp³-hybridized carbons (Fsp3) is 0.632. The Morgan fingerprint density at radius 1 is 1.29 bits per heavy atom. The molecule has 0 saturated carbocycles. The predicted octanol–water partition coefficient (Wildman–Crippen LogP) is 3.14. The molecule has 5 nitrogen and oxygen atoms in total. The first kappa shape index (κ1) is 17.1. The zero-order valence-electron chi connectivity index (χ0n) is 15.0. The minimum Gasteiger partial charge on any atom is -0.444 e. The van der Waals surface area contributed by atoms with Gasteiger partial charge in [0.25, 0.3) is 0 Å². The SMILES string of the molecule is CC(C)(C)OC(=O)N1CCc2c(cccc2NC2CCNCC2)C1. The Morgan fingerprint density at radius 3 is 2.75 bits per heavy atom. The van der Waals surface area contributed by atoms with Gasteiger partial charge < -0.3 is 20.3 Å². The Kier molecular flexibility index (Phi) is 4.99. The van der Waals surface area contributed by atoms with Crippen molar-refractivity contribution in [3.8, 4) is 0 Å². The molecule has 2 aliphatic rings. The Labute approximate surface area is 144 Å². The van der Waals surface area contributed by atoms with Crippen molar-refractivity contribution in [3.63, 3.8) is 0 Å². The van der Waals surface area contributed by atoms with Crippen LogP contribution in [0.15, 0.2) is 18.2 Å². The molecule has 1 saturated heterocycles. The molecule has 2 aliphatic heterocycles. The van der Waals surface area contributed by atoms with Crippen molar-refractivity contribution < 1.29 is 9.53 Å². The van der Waals surface area contributed by atoms with E-state index < -0.39 is 5.60 Å². The summed E-state index contributed by atoms with van der Waals surface area (Å²) in [5, 5.41) is 7.12. The fourth-order valence-corrected chi connectivity index (χ4v) is 3.41. The second-order valence-electron chi connectivity index (χ2n) is 7.76. The number of rotatable bonds is 2. The van der Waals surface area contributed by atoms with E-state index in [0.29, 0.717) is 19.1 Å². The van der Waals surface area contributed by atoms with Gasteiger partial charge in [-0.25, -0.2) is 4.79 Å². The number of carbonyl (C=O) groups is 1. The number of anilines is 1. The number of piperidine rings is 1. The average Bonchev–Trinajstić information content (AvgIpc) is 2.54. The van der Waals surface area contributed by atoms with Gasteiger partial charge in [0.15, 0.2) is 0 Å². The van der Waals surface area contributed by atoms with Crippen molar-refractivity contribution in [1.82, 2.24) is 10.2 Å². The molecule has 0 bridgehead atoms. The third kappa shape index (κ3) is 4.20. The normalized spacial score (nSPS) is 18.9. The first-order valence-electron chi connectivity index (χ1n) is 8.98. The summed E-state index contributed by atoms with van der Waals surface area (Å²) in [7, 11) is 0. The van der Waals surface area contributed by atoms with E-state index in [0.717, 1.165) is 32.4 Å². The number of ether oxygens (including phenoxy) is 1. The van der Waals surface area contributed by atoms with E-state index in [1.165, 1.54) is 16.8 Å². The van der Waals surface area contributed by atoms with Crippen LogP contribution in [0.25, 0.3) is 0 Å². The van der Waals surface area contributed by atoms with Gasteiger partial charge in [-0.05, 0) is 70.3 Å². The molecule has 0 aliphatic carbocycles. The highest BCUT2D eigenvalue weighted by molar-refractivity contribution is 5.69. The first-order valence-corrected chi connectivity index (χ1v) is 8.98. The lowest BCUT2D eigenvalue weighted by Gasteiger charge is -2.33. The Hall–Kier alpha value is -1.75. The summed E-state index contributed by atoms with van der Waals surface area (Å²) in [5.41, 5.74) is 3.38. The molecule has 0 spiro atoms. The van der Waals surface area contributed by atoms with Crippen LogP contribution in [0.1, 0.15) is 44.7 Å². The second-order valence-corrected chi connectivity index (χ2v) is 7.76. The van der Waals surface area contributed by atoms with Crippen molar-refractivity contribution in [1.29, 1.82) is 0 Å². The van der Waals surface area contributed by atoms with Crippen LogP contribution in [0.5, 0.6) is 0 Å². The summed E-state index contributed by atoms with van der Waals surface area (Å²) in [6.45, 7) is 9.23. The summed E-state index contributed by atoms with van der Waals surface area (Å²) >= 11 is 0. The number of nitrogens with zero attached hydrogens (tertiary/aromatic N) is 1. The van der Waals surface area contributed by atoms with Gasteiger partial charge in [0.05, 0.1) is 0 Å². The number of hydrogen-bond acceptors (Lipinski definition) is 4. The van der Waals surface area contributed by atoms with Gasteiger partial charge in [-0.15, -0.1) is 0 Å². The molecule has 0 radical (unpaired) electrons. The lowest BCUT2D eigenvalue weighted by molar-refractivity contribution is 0.0224. The molecule has 1 amide bonds. The summed E-state index contributed by atoms with van der Waals surface area (Å²) in [5.74, 6) is 0. The van der Waals surface area contributed by atoms with E-state index in [1.54, 1.807) is 0 Å². The monoisotopic (exact) mass is 331 g/mol. The molecule has 0 unspecified atom stereocenters. The minimum atomic E-state index is -0.449. The molecule has 2 heterocycles. The predicted molar refractivity (Wildman–Crippen MR) is 96.3 cm³/mol. The van der Waals surface area contributed by atoms with Crippen LogP contribution in [0.2, 0.25) is 0 Å². The molecule has 2 N–H and O–H groups in total. The number of carbonyl (C=O) groups excluding carboxylic acids is 1. The minimum absolute atomic E-state index is 0.218. The summed E-state index contributed by atoms with van der Waals surface area (Å²) < 4.78 is 5.51.